The molecule has 2 unspecified atom stereocenters. The fourth-order valence-corrected chi connectivity index (χ4v) is 3.85. The predicted molar refractivity (Wildman–Crippen MR) is 59.2 cm³/mol. The molecule has 3 fully saturated rings. The van der Waals surface area contributed by atoms with E-state index in [-0.39, 0.29) is 0 Å². The molecule has 2 aliphatic heterocycles. The summed E-state index contributed by atoms with van der Waals surface area (Å²) in [5.41, 5.74) is 0. The molecule has 80 valence electrons. The van der Waals surface area contributed by atoms with Crippen molar-refractivity contribution in [3.63, 3.8) is 0 Å². The summed E-state index contributed by atoms with van der Waals surface area (Å²) >= 11 is 0. The first-order chi connectivity index (χ1) is 6.75. The molecule has 0 N–H and O–H groups in total. The van der Waals surface area contributed by atoms with E-state index in [9.17, 15) is 0 Å². The predicted octanol–water partition coefficient (Wildman–Crippen LogP) is 3.05. The van der Waals surface area contributed by atoms with Crippen molar-refractivity contribution in [1.29, 1.82) is 0 Å². The van der Waals surface area contributed by atoms with Gasteiger partial charge in [0.25, 0.3) is 0 Å². The summed E-state index contributed by atoms with van der Waals surface area (Å²) in [6, 6.07) is 3.00. The van der Waals surface area contributed by atoms with Crippen LogP contribution < -0.4 is 0 Å². The van der Waals surface area contributed by atoms with E-state index in [1.54, 1.807) is 0 Å². The van der Waals surface area contributed by atoms with Gasteiger partial charge in [0, 0.05) is 18.1 Å². The summed E-state index contributed by atoms with van der Waals surface area (Å²) in [5.74, 6) is 1.97. The molecule has 3 aliphatic rings. The number of hydrogen-bond acceptors (Lipinski definition) is 1. The Morgan fingerprint density at radius 2 is 1.57 bits per heavy atom. The van der Waals surface area contributed by atoms with Gasteiger partial charge in [0.15, 0.2) is 0 Å². The van der Waals surface area contributed by atoms with Crippen LogP contribution in [0.5, 0.6) is 0 Å². The van der Waals surface area contributed by atoms with E-state index in [4.69, 9.17) is 0 Å². The number of fused-ring (bicyclic) bond motifs is 2. The molecule has 0 aromatic rings. The first kappa shape index (κ1) is 9.21. The van der Waals surface area contributed by atoms with Gasteiger partial charge in [-0.15, -0.1) is 0 Å². The third-order valence-electron chi connectivity index (χ3n) is 4.98. The highest BCUT2D eigenvalue weighted by atomic mass is 15.3. The standard InChI is InChI=1S/C13H23N/c1-9(2)10-6-13(7-10)14-11-4-3-5-12(14)8-11/h9-13H,3-8H2,1-2H3. The topological polar surface area (TPSA) is 3.24 Å². The molecule has 0 radical (unpaired) electrons. The van der Waals surface area contributed by atoms with Crippen LogP contribution in [0.2, 0.25) is 0 Å². The fourth-order valence-electron chi connectivity index (χ4n) is 3.85. The smallest absolute Gasteiger partial charge is 0.0116 e. The minimum absolute atomic E-state index is 0.923. The average molecular weight is 193 g/mol. The lowest BCUT2D eigenvalue weighted by atomic mass is 9.68. The zero-order valence-electron chi connectivity index (χ0n) is 9.58. The summed E-state index contributed by atoms with van der Waals surface area (Å²) in [6.07, 6.45) is 9.04. The summed E-state index contributed by atoms with van der Waals surface area (Å²) in [5, 5.41) is 0. The van der Waals surface area contributed by atoms with E-state index in [1.807, 2.05) is 0 Å². The van der Waals surface area contributed by atoms with Crippen LogP contribution in [0.3, 0.4) is 0 Å². The second kappa shape index (κ2) is 3.23. The Balaban J connectivity index is 1.55. The van der Waals surface area contributed by atoms with E-state index in [0.717, 1.165) is 30.0 Å². The van der Waals surface area contributed by atoms with Crippen molar-refractivity contribution in [3.8, 4) is 0 Å². The van der Waals surface area contributed by atoms with Gasteiger partial charge < -0.3 is 0 Å². The number of nitrogens with zero attached hydrogens (tertiary/aromatic N) is 1. The fraction of sp³-hybridized carbons (Fsp3) is 1.00. The van der Waals surface area contributed by atoms with Gasteiger partial charge in [-0.25, -0.2) is 0 Å². The highest BCUT2D eigenvalue weighted by Crippen LogP contribution is 2.47. The van der Waals surface area contributed by atoms with Crippen LogP contribution >= 0.6 is 0 Å². The van der Waals surface area contributed by atoms with Gasteiger partial charge in [0.1, 0.15) is 0 Å². The molecule has 3 rings (SSSR count). The first-order valence-electron chi connectivity index (χ1n) is 6.53. The summed E-state index contributed by atoms with van der Waals surface area (Å²) < 4.78 is 0. The highest BCUT2D eigenvalue weighted by Gasteiger charge is 2.48. The van der Waals surface area contributed by atoms with Crippen molar-refractivity contribution in [2.24, 2.45) is 11.8 Å². The van der Waals surface area contributed by atoms with Gasteiger partial charge in [-0.05, 0) is 43.9 Å². The maximum Gasteiger partial charge on any atom is 0.0116 e. The van der Waals surface area contributed by atoms with Crippen LogP contribution in [0.1, 0.15) is 52.4 Å². The van der Waals surface area contributed by atoms with E-state index >= 15 is 0 Å². The number of hydrogen-bond donors (Lipinski definition) is 0. The largest absolute Gasteiger partial charge is 0.294 e. The summed E-state index contributed by atoms with van der Waals surface area (Å²) in [7, 11) is 0. The lowest BCUT2D eigenvalue weighted by molar-refractivity contribution is -0.103. The van der Waals surface area contributed by atoms with E-state index in [0.29, 0.717) is 0 Å². The molecule has 2 saturated heterocycles. The molecule has 0 amide bonds. The molecule has 0 aromatic carbocycles. The van der Waals surface area contributed by atoms with Gasteiger partial charge in [-0.1, -0.05) is 20.3 Å². The molecule has 1 saturated carbocycles. The zero-order chi connectivity index (χ0) is 9.71. The van der Waals surface area contributed by atoms with Gasteiger partial charge in [0.2, 0.25) is 0 Å². The van der Waals surface area contributed by atoms with Crippen LogP contribution in [0.15, 0.2) is 0 Å². The van der Waals surface area contributed by atoms with Crippen LogP contribution in [-0.4, -0.2) is 23.0 Å². The molecule has 1 aliphatic carbocycles. The Hall–Kier alpha value is -0.0400. The minimum Gasteiger partial charge on any atom is -0.294 e. The van der Waals surface area contributed by atoms with Gasteiger partial charge in [-0.2, -0.15) is 0 Å². The second-order valence-corrected chi connectivity index (χ2v) is 6.05. The summed E-state index contributed by atoms with van der Waals surface area (Å²) in [4.78, 5) is 2.88. The Kier molecular flexibility index (Phi) is 2.12. The van der Waals surface area contributed by atoms with Gasteiger partial charge >= 0.3 is 0 Å². The third kappa shape index (κ3) is 1.25. The van der Waals surface area contributed by atoms with Crippen LogP contribution in [-0.2, 0) is 0 Å². The molecule has 1 nitrogen and oxygen atoms in total. The number of piperidine rings is 1. The van der Waals surface area contributed by atoms with E-state index < -0.39 is 0 Å². The van der Waals surface area contributed by atoms with Crippen LogP contribution in [0.4, 0.5) is 0 Å². The van der Waals surface area contributed by atoms with Crippen molar-refractivity contribution in [1.82, 2.24) is 4.90 Å². The Labute approximate surface area is 87.9 Å². The summed E-state index contributed by atoms with van der Waals surface area (Å²) in [6.45, 7) is 4.77. The molecule has 2 heterocycles. The average Bonchev–Trinajstić information content (AvgIpc) is 2.10. The zero-order valence-corrected chi connectivity index (χ0v) is 9.58. The molecule has 2 atom stereocenters. The molecular formula is C13H23N. The van der Waals surface area contributed by atoms with Crippen LogP contribution in [0.25, 0.3) is 0 Å². The normalized spacial score (nSPS) is 47.4. The Morgan fingerprint density at radius 1 is 0.929 bits per heavy atom. The SMILES string of the molecule is CC(C)C1CC(N2C3CCCC2C3)C1. The van der Waals surface area contributed by atoms with Crippen molar-refractivity contribution in [2.45, 2.75) is 70.5 Å². The van der Waals surface area contributed by atoms with E-state index in [1.165, 1.54) is 38.5 Å². The van der Waals surface area contributed by atoms with Crippen molar-refractivity contribution < 1.29 is 0 Å². The monoisotopic (exact) mass is 193 g/mol. The van der Waals surface area contributed by atoms with Crippen molar-refractivity contribution >= 4 is 0 Å². The van der Waals surface area contributed by atoms with Crippen molar-refractivity contribution in [2.75, 3.05) is 0 Å². The Morgan fingerprint density at radius 3 is 2.07 bits per heavy atom. The third-order valence-corrected chi connectivity index (χ3v) is 4.98. The number of rotatable bonds is 2. The van der Waals surface area contributed by atoms with Crippen LogP contribution in [0, 0.1) is 11.8 Å². The molecular weight excluding hydrogens is 170 g/mol. The van der Waals surface area contributed by atoms with E-state index in [2.05, 4.69) is 18.7 Å². The van der Waals surface area contributed by atoms with Gasteiger partial charge in [-0.3, -0.25) is 4.90 Å². The molecule has 1 heteroatoms. The maximum atomic E-state index is 2.88. The Bertz CT molecular complexity index is 203. The van der Waals surface area contributed by atoms with Crippen molar-refractivity contribution in [3.05, 3.63) is 0 Å². The highest BCUT2D eigenvalue weighted by molar-refractivity contribution is 5.03. The quantitative estimate of drug-likeness (QED) is 0.651. The maximum absolute atomic E-state index is 2.88. The molecule has 0 aromatic heterocycles. The first-order valence-corrected chi connectivity index (χ1v) is 6.53. The van der Waals surface area contributed by atoms with Gasteiger partial charge in [0.05, 0.1) is 0 Å². The lowest BCUT2D eigenvalue weighted by Gasteiger charge is -2.60. The molecule has 14 heavy (non-hydrogen) atoms. The lowest BCUT2D eigenvalue weighted by Crippen LogP contribution is -2.65. The minimum atomic E-state index is 0.923. The second-order valence-electron chi connectivity index (χ2n) is 6.05. The molecule has 2 bridgehead atoms. The molecule has 0 spiro atoms.